The molecule has 0 aromatic rings. The minimum absolute atomic E-state index is 0.193. The van der Waals surface area contributed by atoms with Gasteiger partial charge >= 0.3 is 0 Å². The number of aliphatic hydroxyl groups excluding tert-OH is 2. The van der Waals surface area contributed by atoms with Crippen molar-refractivity contribution in [3.05, 3.63) is 0 Å². The van der Waals surface area contributed by atoms with Gasteiger partial charge in [-0.2, -0.15) is 0 Å². The number of aliphatic hydroxyl groups is 2. The predicted molar refractivity (Wildman–Crippen MR) is 86.8 cm³/mol. The van der Waals surface area contributed by atoms with Crippen molar-refractivity contribution in [3.63, 3.8) is 0 Å². The van der Waals surface area contributed by atoms with Crippen LogP contribution >= 0.6 is 0 Å². The highest BCUT2D eigenvalue weighted by atomic mass is 16.3. The first-order valence-corrected chi connectivity index (χ1v) is 8.83. The fourth-order valence-corrected chi connectivity index (χ4v) is 2.45. The SMILES string of the molecule is CCCCCCCCCCCCCC(O)NCCCO. The summed E-state index contributed by atoms with van der Waals surface area (Å²) in [6.07, 6.45) is 15.9. The van der Waals surface area contributed by atoms with Crippen LogP contribution < -0.4 is 5.32 Å². The summed E-state index contributed by atoms with van der Waals surface area (Å²) >= 11 is 0. The van der Waals surface area contributed by atoms with Gasteiger partial charge in [-0.25, -0.2) is 0 Å². The Kier molecular flexibility index (Phi) is 16.8. The van der Waals surface area contributed by atoms with Crippen LogP contribution in [0.4, 0.5) is 0 Å². The molecule has 1 atom stereocenters. The van der Waals surface area contributed by atoms with Crippen LogP contribution in [-0.2, 0) is 0 Å². The van der Waals surface area contributed by atoms with Gasteiger partial charge in [-0.05, 0) is 25.8 Å². The topological polar surface area (TPSA) is 52.5 Å². The first kappa shape index (κ1) is 19.9. The van der Waals surface area contributed by atoms with Crippen LogP contribution in [0.25, 0.3) is 0 Å². The molecule has 0 heterocycles. The van der Waals surface area contributed by atoms with Crippen LogP contribution in [-0.4, -0.2) is 29.6 Å². The van der Waals surface area contributed by atoms with Crippen molar-refractivity contribution >= 4 is 0 Å². The molecule has 0 bridgehead atoms. The molecule has 0 aromatic heterocycles. The minimum Gasteiger partial charge on any atom is -0.396 e. The Morgan fingerprint density at radius 1 is 0.750 bits per heavy atom. The van der Waals surface area contributed by atoms with Gasteiger partial charge in [0.1, 0.15) is 6.23 Å². The zero-order chi connectivity index (χ0) is 14.9. The van der Waals surface area contributed by atoms with Gasteiger partial charge in [-0.3, -0.25) is 5.32 Å². The van der Waals surface area contributed by atoms with E-state index in [1.165, 1.54) is 64.2 Å². The molecule has 0 aliphatic carbocycles. The molecule has 0 saturated carbocycles. The summed E-state index contributed by atoms with van der Waals surface area (Å²) < 4.78 is 0. The maximum atomic E-state index is 9.63. The van der Waals surface area contributed by atoms with Crippen LogP contribution in [0.5, 0.6) is 0 Å². The first-order chi connectivity index (χ1) is 9.81. The maximum Gasteiger partial charge on any atom is 0.104 e. The summed E-state index contributed by atoms with van der Waals surface area (Å²) in [5.74, 6) is 0. The van der Waals surface area contributed by atoms with E-state index in [0.29, 0.717) is 6.54 Å². The van der Waals surface area contributed by atoms with Gasteiger partial charge in [-0.1, -0.05) is 71.1 Å². The highest BCUT2D eigenvalue weighted by Crippen LogP contribution is 2.12. The molecular weight excluding hydrogens is 250 g/mol. The van der Waals surface area contributed by atoms with Crippen LogP contribution in [0.2, 0.25) is 0 Å². The quantitative estimate of drug-likeness (QED) is 0.297. The predicted octanol–water partition coefficient (Wildman–Crippen LogP) is 3.98. The van der Waals surface area contributed by atoms with Gasteiger partial charge < -0.3 is 10.2 Å². The Balaban J connectivity index is 3.05. The smallest absolute Gasteiger partial charge is 0.104 e. The zero-order valence-electron chi connectivity index (χ0n) is 13.6. The second-order valence-corrected chi connectivity index (χ2v) is 5.87. The molecule has 0 spiro atoms. The molecule has 0 fully saturated rings. The van der Waals surface area contributed by atoms with E-state index in [4.69, 9.17) is 5.11 Å². The van der Waals surface area contributed by atoms with Crippen molar-refractivity contribution in [2.75, 3.05) is 13.2 Å². The summed E-state index contributed by atoms with van der Waals surface area (Å²) in [6, 6.07) is 0. The van der Waals surface area contributed by atoms with E-state index < -0.39 is 0 Å². The highest BCUT2D eigenvalue weighted by Gasteiger charge is 2.01. The number of hydrogen-bond acceptors (Lipinski definition) is 3. The monoisotopic (exact) mass is 287 g/mol. The van der Waals surface area contributed by atoms with Gasteiger partial charge in [-0.15, -0.1) is 0 Å². The Hall–Kier alpha value is -0.120. The zero-order valence-corrected chi connectivity index (χ0v) is 13.6. The molecule has 0 aliphatic heterocycles. The van der Waals surface area contributed by atoms with Gasteiger partial charge in [0, 0.05) is 6.61 Å². The average molecular weight is 287 g/mol. The molecule has 3 N–H and O–H groups in total. The van der Waals surface area contributed by atoms with E-state index in [-0.39, 0.29) is 12.8 Å². The molecule has 3 heteroatoms. The lowest BCUT2D eigenvalue weighted by molar-refractivity contribution is 0.121. The third kappa shape index (κ3) is 15.9. The average Bonchev–Trinajstić information content (AvgIpc) is 2.45. The Labute approximate surface area is 126 Å². The Bertz CT molecular complexity index is 176. The summed E-state index contributed by atoms with van der Waals surface area (Å²) in [4.78, 5) is 0. The lowest BCUT2D eigenvalue weighted by Crippen LogP contribution is -2.29. The number of hydrogen-bond donors (Lipinski definition) is 3. The third-order valence-electron chi connectivity index (χ3n) is 3.80. The minimum atomic E-state index is -0.389. The van der Waals surface area contributed by atoms with E-state index in [1.807, 2.05) is 0 Å². The second kappa shape index (κ2) is 16.9. The van der Waals surface area contributed by atoms with Gasteiger partial charge in [0.25, 0.3) is 0 Å². The molecule has 0 saturated heterocycles. The van der Waals surface area contributed by atoms with Crippen LogP contribution in [0.1, 0.15) is 90.4 Å². The molecule has 0 rings (SSSR count). The molecule has 0 amide bonds. The molecular formula is C17H37NO2. The van der Waals surface area contributed by atoms with Crippen molar-refractivity contribution < 1.29 is 10.2 Å². The molecule has 122 valence electrons. The standard InChI is InChI=1S/C17H37NO2/c1-2-3-4-5-6-7-8-9-10-11-12-14-17(20)18-15-13-16-19/h17-20H,2-16H2,1H3. The maximum absolute atomic E-state index is 9.63. The molecule has 20 heavy (non-hydrogen) atoms. The van der Waals surface area contributed by atoms with Crippen molar-refractivity contribution in [2.45, 2.75) is 96.6 Å². The van der Waals surface area contributed by atoms with Gasteiger partial charge in [0.05, 0.1) is 0 Å². The Morgan fingerprint density at radius 3 is 1.75 bits per heavy atom. The van der Waals surface area contributed by atoms with E-state index in [9.17, 15) is 5.11 Å². The summed E-state index contributed by atoms with van der Waals surface area (Å²) in [5.41, 5.74) is 0. The lowest BCUT2D eigenvalue weighted by Gasteiger charge is -2.11. The molecule has 0 aliphatic rings. The van der Waals surface area contributed by atoms with Crippen molar-refractivity contribution in [1.82, 2.24) is 5.32 Å². The third-order valence-corrected chi connectivity index (χ3v) is 3.80. The van der Waals surface area contributed by atoms with Crippen molar-refractivity contribution in [2.24, 2.45) is 0 Å². The van der Waals surface area contributed by atoms with E-state index in [0.717, 1.165) is 19.3 Å². The highest BCUT2D eigenvalue weighted by molar-refractivity contribution is 4.55. The number of unbranched alkanes of at least 4 members (excludes halogenated alkanes) is 10. The van der Waals surface area contributed by atoms with E-state index in [2.05, 4.69) is 12.2 Å². The van der Waals surface area contributed by atoms with Crippen LogP contribution in [0, 0.1) is 0 Å². The van der Waals surface area contributed by atoms with Crippen LogP contribution in [0.3, 0.4) is 0 Å². The fraction of sp³-hybridized carbons (Fsp3) is 1.00. The normalized spacial score (nSPS) is 12.8. The second-order valence-electron chi connectivity index (χ2n) is 5.87. The summed E-state index contributed by atoms with van der Waals surface area (Å²) in [5, 5.41) is 21.3. The molecule has 0 radical (unpaired) electrons. The lowest BCUT2D eigenvalue weighted by atomic mass is 10.1. The molecule has 3 nitrogen and oxygen atoms in total. The first-order valence-electron chi connectivity index (χ1n) is 8.83. The van der Waals surface area contributed by atoms with E-state index in [1.54, 1.807) is 0 Å². The Morgan fingerprint density at radius 2 is 1.25 bits per heavy atom. The van der Waals surface area contributed by atoms with Crippen molar-refractivity contribution in [1.29, 1.82) is 0 Å². The largest absolute Gasteiger partial charge is 0.396 e. The number of rotatable bonds is 16. The van der Waals surface area contributed by atoms with Gasteiger partial charge in [0.15, 0.2) is 0 Å². The summed E-state index contributed by atoms with van der Waals surface area (Å²) in [7, 11) is 0. The number of nitrogens with one attached hydrogen (secondary N) is 1. The van der Waals surface area contributed by atoms with Crippen LogP contribution in [0.15, 0.2) is 0 Å². The van der Waals surface area contributed by atoms with E-state index >= 15 is 0 Å². The van der Waals surface area contributed by atoms with Crippen molar-refractivity contribution in [3.8, 4) is 0 Å². The molecule has 1 unspecified atom stereocenters. The summed E-state index contributed by atoms with van der Waals surface area (Å²) in [6.45, 7) is 3.16. The van der Waals surface area contributed by atoms with Gasteiger partial charge in [0.2, 0.25) is 0 Å². The fourth-order valence-electron chi connectivity index (χ4n) is 2.45. The molecule has 0 aromatic carbocycles.